The Bertz CT molecular complexity index is 399. The molecule has 0 amide bonds. The van der Waals surface area contributed by atoms with Crippen molar-refractivity contribution in [2.45, 2.75) is 12.5 Å². The first-order valence-electron chi connectivity index (χ1n) is 4.17. The Morgan fingerprint density at radius 2 is 2.43 bits per heavy atom. The highest BCUT2D eigenvalue weighted by Crippen LogP contribution is 2.25. The molecule has 2 rings (SSSR count). The second-order valence-electron chi connectivity index (χ2n) is 2.90. The van der Waals surface area contributed by atoms with E-state index < -0.39 is 6.10 Å². The Kier molecular flexibility index (Phi) is 3.00. The Morgan fingerprint density at radius 3 is 3.00 bits per heavy atom. The molecule has 0 aliphatic rings. The number of hydrogen-bond acceptors (Lipinski definition) is 3. The molecule has 2 N–H and O–H groups in total. The number of nitrogens with zero attached hydrogens (tertiary/aromatic N) is 1. The van der Waals surface area contributed by atoms with Gasteiger partial charge < -0.3 is 10.1 Å². The normalized spacial score (nSPS) is 13.0. The van der Waals surface area contributed by atoms with Crippen LogP contribution in [0.25, 0.3) is 0 Å². The monoisotopic (exact) mass is 272 g/mol. The SMILES string of the molecule is OC(Cc1ccc(Br)s1)c1ncc[nH]1. The maximum Gasteiger partial charge on any atom is 0.135 e. The largest absolute Gasteiger partial charge is 0.385 e. The average molecular weight is 273 g/mol. The summed E-state index contributed by atoms with van der Waals surface area (Å²) in [4.78, 5) is 8.04. The zero-order valence-electron chi connectivity index (χ0n) is 7.27. The molecule has 74 valence electrons. The first-order valence-corrected chi connectivity index (χ1v) is 5.78. The number of aliphatic hydroxyl groups is 1. The molecule has 0 aliphatic heterocycles. The van der Waals surface area contributed by atoms with Gasteiger partial charge in [0, 0.05) is 23.7 Å². The van der Waals surface area contributed by atoms with E-state index in [0.29, 0.717) is 12.2 Å². The van der Waals surface area contributed by atoms with Gasteiger partial charge in [-0.2, -0.15) is 0 Å². The Labute approximate surface area is 93.9 Å². The minimum atomic E-state index is -0.546. The molecule has 0 saturated carbocycles. The number of aromatic nitrogens is 2. The minimum absolute atomic E-state index is 0.546. The van der Waals surface area contributed by atoms with E-state index in [0.717, 1.165) is 8.66 Å². The molecule has 0 saturated heterocycles. The van der Waals surface area contributed by atoms with Crippen LogP contribution in [0.1, 0.15) is 16.8 Å². The number of hydrogen-bond donors (Lipinski definition) is 2. The molecule has 3 nitrogen and oxygen atoms in total. The highest BCUT2D eigenvalue weighted by atomic mass is 79.9. The third-order valence-electron chi connectivity index (χ3n) is 1.86. The molecule has 1 unspecified atom stereocenters. The lowest BCUT2D eigenvalue weighted by Crippen LogP contribution is -2.02. The summed E-state index contributed by atoms with van der Waals surface area (Å²) in [5.74, 6) is 0.620. The molecule has 0 radical (unpaired) electrons. The van der Waals surface area contributed by atoms with Crippen molar-refractivity contribution < 1.29 is 5.11 Å². The van der Waals surface area contributed by atoms with Crippen molar-refractivity contribution in [3.63, 3.8) is 0 Å². The molecule has 0 aliphatic carbocycles. The van der Waals surface area contributed by atoms with E-state index in [2.05, 4.69) is 25.9 Å². The first kappa shape index (κ1) is 9.89. The summed E-state index contributed by atoms with van der Waals surface area (Å²) in [5.41, 5.74) is 0. The quantitative estimate of drug-likeness (QED) is 0.902. The topological polar surface area (TPSA) is 48.9 Å². The fourth-order valence-corrected chi connectivity index (χ4v) is 2.73. The van der Waals surface area contributed by atoms with Crippen molar-refractivity contribution in [1.29, 1.82) is 0 Å². The van der Waals surface area contributed by atoms with Gasteiger partial charge in [-0.1, -0.05) is 0 Å². The molecule has 0 bridgehead atoms. The molecule has 0 aromatic carbocycles. The molecular formula is C9H9BrN2OS. The van der Waals surface area contributed by atoms with Crippen molar-refractivity contribution in [2.75, 3.05) is 0 Å². The van der Waals surface area contributed by atoms with E-state index in [-0.39, 0.29) is 0 Å². The van der Waals surface area contributed by atoms with Crippen LogP contribution >= 0.6 is 27.3 Å². The standard InChI is InChI=1S/C9H9BrN2OS/c10-8-2-1-6(14-8)5-7(13)9-11-3-4-12-9/h1-4,7,13H,5H2,(H,11,12). The molecular weight excluding hydrogens is 264 g/mol. The predicted molar refractivity (Wildman–Crippen MR) is 59.3 cm³/mol. The van der Waals surface area contributed by atoms with Gasteiger partial charge in [0.2, 0.25) is 0 Å². The molecule has 14 heavy (non-hydrogen) atoms. The Hall–Kier alpha value is -0.650. The van der Waals surface area contributed by atoms with E-state index in [1.54, 1.807) is 23.7 Å². The van der Waals surface area contributed by atoms with Crippen LogP contribution in [0.2, 0.25) is 0 Å². The van der Waals surface area contributed by atoms with Crippen LogP contribution in [-0.4, -0.2) is 15.1 Å². The maximum atomic E-state index is 9.77. The lowest BCUT2D eigenvalue weighted by Gasteiger charge is -2.04. The van der Waals surface area contributed by atoms with E-state index in [4.69, 9.17) is 0 Å². The van der Waals surface area contributed by atoms with Gasteiger partial charge in [0.1, 0.15) is 11.9 Å². The number of aliphatic hydroxyl groups excluding tert-OH is 1. The van der Waals surface area contributed by atoms with E-state index in [9.17, 15) is 5.11 Å². The van der Waals surface area contributed by atoms with Crippen molar-refractivity contribution in [3.8, 4) is 0 Å². The van der Waals surface area contributed by atoms with Gasteiger partial charge in [0.25, 0.3) is 0 Å². The van der Waals surface area contributed by atoms with Crippen LogP contribution in [0.15, 0.2) is 28.3 Å². The zero-order valence-corrected chi connectivity index (χ0v) is 9.68. The van der Waals surface area contributed by atoms with Gasteiger partial charge in [-0.05, 0) is 28.1 Å². The van der Waals surface area contributed by atoms with Crippen LogP contribution < -0.4 is 0 Å². The number of thiophene rings is 1. The lowest BCUT2D eigenvalue weighted by atomic mass is 10.2. The molecule has 0 spiro atoms. The van der Waals surface area contributed by atoms with Gasteiger partial charge in [0.15, 0.2) is 0 Å². The van der Waals surface area contributed by atoms with Crippen LogP contribution in [0.4, 0.5) is 0 Å². The Balaban J connectivity index is 2.05. The summed E-state index contributed by atoms with van der Waals surface area (Å²) in [6, 6.07) is 3.98. The van der Waals surface area contributed by atoms with Gasteiger partial charge in [-0.3, -0.25) is 0 Å². The number of halogens is 1. The lowest BCUT2D eigenvalue weighted by molar-refractivity contribution is 0.170. The van der Waals surface area contributed by atoms with Crippen LogP contribution in [-0.2, 0) is 6.42 Å². The summed E-state index contributed by atoms with van der Waals surface area (Å²) >= 11 is 5.01. The second kappa shape index (κ2) is 4.25. The molecule has 0 fully saturated rings. The molecule has 1 atom stereocenters. The third-order valence-corrected chi connectivity index (χ3v) is 3.50. The highest BCUT2D eigenvalue weighted by Gasteiger charge is 2.11. The fourth-order valence-electron chi connectivity index (χ4n) is 1.21. The third kappa shape index (κ3) is 2.23. The summed E-state index contributed by atoms with van der Waals surface area (Å²) in [5, 5.41) is 9.77. The second-order valence-corrected chi connectivity index (χ2v) is 5.45. The number of imidazole rings is 1. The number of H-pyrrole nitrogens is 1. The van der Waals surface area contributed by atoms with Crippen LogP contribution in [0.5, 0.6) is 0 Å². The van der Waals surface area contributed by atoms with Crippen molar-refractivity contribution in [1.82, 2.24) is 9.97 Å². The number of rotatable bonds is 3. The first-order chi connectivity index (χ1) is 6.75. The van der Waals surface area contributed by atoms with Crippen molar-refractivity contribution in [2.24, 2.45) is 0 Å². The molecule has 2 aromatic rings. The van der Waals surface area contributed by atoms with Crippen molar-refractivity contribution in [3.05, 3.63) is 39.0 Å². The summed E-state index contributed by atoms with van der Waals surface area (Å²) in [7, 11) is 0. The zero-order chi connectivity index (χ0) is 9.97. The highest BCUT2D eigenvalue weighted by molar-refractivity contribution is 9.11. The van der Waals surface area contributed by atoms with Gasteiger partial charge in [-0.25, -0.2) is 4.98 Å². The summed E-state index contributed by atoms with van der Waals surface area (Å²) < 4.78 is 1.08. The van der Waals surface area contributed by atoms with Gasteiger partial charge >= 0.3 is 0 Å². The van der Waals surface area contributed by atoms with E-state index in [1.807, 2.05) is 12.1 Å². The van der Waals surface area contributed by atoms with Gasteiger partial charge in [-0.15, -0.1) is 11.3 Å². The number of nitrogens with one attached hydrogen (secondary N) is 1. The van der Waals surface area contributed by atoms with E-state index in [1.165, 1.54) is 0 Å². The molecule has 5 heteroatoms. The fraction of sp³-hybridized carbons (Fsp3) is 0.222. The summed E-state index contributed by atoms with van der Waals surface area (Å²) in [6.45, 7) is 0. The predicted octanol–water partition coefficient (Wildman–Crippen LogP) is 2.51. The smallest absolute Gasteiger partial charge is 0.135 e. The summed E-state index contributed by atoms with van der Waals surface area (Å²) in [6.07, 6.45) is 3.41. The van der Waals surface area contributed by atoms with Crippen LogP contribution in [0.3, 0.4) is 0 Å². The van der Waals surface area contributed by atoms with Gasteiger partial charge in [0.05, 0.1) is 3.79 Å². The van der Waals surface area contributed by atoms with E-state index >= 15 is 0 Å². The maximum absolute atomic E-state index is 9.77. The average Bonchev–Trinajstić information content (AvgIpc) is 2.75. The van der Waals surface area contributed by atoms with Crippen molar-refractivity contribution >= 4 is 27.3 Å². The molecule has 2 aromatic heterocycles. The number of aromatic amines is 1. The van der Waals surface area contributed by atoms with Crippen LogP contribution in [0, 0.1) is 0 Å². The minimum Gasteiger partial charge on any atom is -0.385 e. The molecule has 2 heterocycles. The Morgan fingerprint density at radius 1 is 1.57 bits per heavy atom.